The Morgan fingerprint density at radius 1 is 1.45 bits per heavy atom. The minimum atomic E-state index is -0.599. The maximum atomic E-state index is 14.1. The lowest BCUT2D eigenvalue weighted by Crippen LogP contribution is -2.39. The highest BCUT2D eigenvalue weighted by atomic mass is 19.1. The minimum absolute atomic E-state index is 0.238. The van der Waals surface area contributed by atoms with Gasteiger partial charge in [-0.2, -0.15) is 0 Å². The molecule has 0 spiro atoms. The Morgan fingerprint density at radius 3 is 2.90 bits per heavy atom. The highest BCUT2D eigenvalue weighted by Gasteiger charge is 2.29. The molecule has 1 aliphatic heterocycles. The maximum absolute atomic E-state index is 14.1. The van der Waals surface area contributed by atoms with Gasteiger partial charge in [-0.05, 0) is 31.1 Å². The quantitative estimate of drug-likeness (QED) is 0.679. The molecule has 0 aliphatic carbocycles. The van der Waals surface area contributed by atoms with Crippen molar-refractivity contribution in [2.45, 2.75) is 25.7 Å². The first kappa shape index (κ1) is 14.2. The van der Waals surface area contributed by atoms with Gasteiger partial charge in [0.25, 0.3) is 0 Å². The van der Waals surface area contributed by atoms with Crippen LogP contribution in [0.3, 0.4) is 0 Å². The lowest BCUT2D eigenvalue weighted by Gasteiger charge is -2.21. The largest absolute Gasteiger partial charge is 0.501 e. The van der Waals surface area contributed by atoms with Crippen LogP contribution in [-0.4, -0.2) is 18.4 Å². The maximum Gasteiger partial charge on any atom is 0.234 e. The number of carbonyl (C=O) groups is 2. The molecular weight excluding hydrogens is 261 g/mol. The Morgan fingerprint density at radius 2 is 2.25 bits per heavy atom. The third-order valence-corrected chi connectivity index (χ3v) is 3.16. The van der Waals surface area contributed by atoms with Crippen LogP contribution in [0.2, 0.25) is 0 Å². The molecule has 106 valence electrons. The van der Waals surface area contributed by atoms with Crippen molar-refractivity contribution in [3.05, 3.63) is 41.4 Å². The van der Waals surface area contributed by atoms with Crippen LogP contribution in [0.1, 0.15) is 36.8 Å². The summed E-state index contributed by atoms with van der Waals surface area (Å²) in [6.45, 7) is 2.41. The molecule has 5 heteroatoms. The average Bonchev–Trinajstić information content (AvgIpc) is 2.40. The number of hydrogen-bond donors (Lipinski definition) is 1. The first-order valence-corrected chi connectivity index (χ1v) is 6.53. The van der Waals surface area contributed by atoms with Crippen LogP contribution in [0, 0.1) is 5.82 Å². The highest BCUT2D eigenvalue weighted by Crippen LogP contribution is 2.27. The van der Waals surface area contributed by atoms with E-state index in [0.717, 1.165) is 0 Å². The second-order valence-corrected chi connectivity index (χ2v) is 4.54. The van der Waals surface area contributed by atoms with Crippen molar-refractivity contribution in [3.8, 4) is 0 Å². The molecule has 2 rings (SSSR count). The van der Waals surface area contributed by atoms with Crippen molar-refractivity contribution in [1.29, 1.82) is 0 Å². The van der Waals surface area contributed by atoms with E-state index in [-0.39, 0.29) is 12.3 Å². The molecule has 1 heterocycles. The van der Waals surface area contributed by atoms with Crippen LogP contribution in [0.4, 0.5) is 4.39 Å². The molecule has 4 nitrogen and oxygen atoms in total. The topological polar surface area (TPSA) is 55.4 Å². The molecule has 1 unspecified atom stereocenters. The smallest absolute Gasteiger partial charge is 0.234 e. The lowest BCUT2D eigenvalue weighted by atomic mass is 9.89. The molecule has 0 aromatic heterocycles. The van der Waals surface area contributed by atoms with Gasteiger partial charge in [0.15, 0.2) is 0 Å². The fraction of sp³-hybridized carbons (Fsp3) is 0.333. The molecule has 20 heavy (non-hydrogen) atoms. The van der Waals surface area contributed by atoms with E-state index in [1.165, 1.54) is 12.3 Å². The third kappa shape index (κ3) is 3.23. The van der Waals surface area contributed by atoms with E-state index >= 15 is 0 Å². The second-order valence-electron chi connectivity index (χ2n) is 4.54. The Balaban J connectivity index is 2.17. The Bertz CT molecular complexity index is 554. The van der Waals surface area contributed by atoms with E-state index in [9.17, 15) is 14.0 Å². The third-order valence-electron chi connectivity index (χ3n) is 3.16. The van der Waals surface area contributed by atoms with E-state index in [1.807, 2.05) is 6.92 Å². The summed E-state index contributed by atoms with van der Waals surface area (Å²) < 4.78 is 19.1. The van der Waals surface area contributed by atoms with Gasteiger partial charge in [-0.3, -0.25) is 14.9 Å². The van der Waals surface area contributed by atoms with Gasteiger partial charge in [-0.15, -0.1) is 0 Å². The number of benzene rings is 1. The number of carbonyl (C=O) groups excluding carboxylic acids is 2. The fourth-order valence-corrected chi connectivity index (χ4v) is 2.14. The Hall–Kier alpha value is -2.17. The number of rotatable bonds is 4. The van der Waals surface area contributed by atoms with Gasteiger partial charge in [-0.1, -0.05) is 12.1 Å². The number of ether oxygens (including phenoxy) is 1. The number of nitrogens with one attached hydrogen (secondary N) is 1. The van der Waals surface area contributed by atoms with Crippen molar-refractivity contribution >= 4 is 17.9 Å². The van der Waals surface area contributed by atoms with E-state index in [4.69, 9.17) is 4.74 Å². The molecule has 2 amide bonds. The molecular formula is C15H16FNO3. The zero-order chi connectivity index (χ0) is 14.5. The lowest BCUT2D eigenvalue weighted by molar-refractivity contribution is -0.134. The number of amides is 2. The molecule has 0 bridgehead atoms. The molecule has 0 radical (unpaired) electrons. The highest BCUT2D eigenvalue weighted by molar-refractivity contribution is 6.00. The summed E-state index contributed by atoms with van der Waals surface area (Å²) in [5.74, 6) is -1.78. The molecule has 1 aliphatic rings. The van der Waals surface area contributed by atoms with Crippen molar-refractivity contribution in [1.82, 2.24) is 5.32 Å². The number of hydrogen-bond acceptors (Lipinski definition) is 3. The number of halogens is 1. The molecule has 1 aromatic rings. The van der Waals surface area contributed by atoms with Crippen molar-refractivity contribution < 1.29 is 18.7 Å². The van der Waals surface area contributed by atoms with Crippen molar-refractivity contribution in [2.24, 2.45) is 0 Å². The van der Waals surface area contributed by atoms with Gasteiger partial charge in [0, 0.05) is 12.0 Å². The van der Waals surface area contributed by atoms with E-state index in [1.54, 1.807) is 18.2 Å². The van der Waals surface area contributed by atoms with Gasteiger partial charge in [0.05, 0.1) is 18.8 Å². The van der Waals surface area contributed by atoms with Crippen LogP contribution in [-0.2, 0) is 14.3 Å². The van der Waals surface area contributed by atoms with Crippen LogP contribution in [0.15, 0.2) is 24.5 Å². The van der Waals surface area contributed by atoms with Gasteiger partial charge < -0.3 is 4.74 Å². The normalized spacial score (nSPS) is 19.2. The van der Waals surface area contributed by atoms with Crippen molar-refractivity contribution in [3.63, 3.8) is 0 Å². The second kappa shape index (κ2) is 6.32. The molecule has 1 atom stereocenters. The summed E-state index contributed by atoms with van der Waals surface area (Å²) in [5, 5.41) is 2.23. The van der Waals surface area contributed by atoms with Crippen LogP contribution in [0.25, 0.3) is 6.08 Å². The number of imide groups is 1. The molecule has 1 N–H and O–H groups in total. The van der Waals surface area contributed by atoms with E-state index < -0.39 is 17.6 Å². The summed E-state index contributed by atoms with van der Waals surface area (Å²) >= 11 is 0. The zero-order valence-corrected chi connectivity index (χ0v) is 11.2. The zero-order valence-electron chi connectivity index (χ0n) is 11.2. The summed E-state index contributed by atoms with van der Waals surface area (Å²) in [6.07, 6.45) is 3.73. The molecule has 1 saturated heterocycles. The summed E-state index contributed by atoms with van der Waals surface area (Å²) in [5.41, 5.74) is 0.982. The molecule has 0 saturated carbocycles. The van der Waals surface area contributed by atoms with E-state index in [0.29, 0.717) is 24.2 Å². The SMILES string of the molecule is CCO/C=C/c1ccc(C2CCC(=O)NC2=O)c(F)c1. The van der Waals surface area contributed by atoms with Gasteiger partial charge in [0.2, 0.25) is 11.8 Å². The minimum Gasteiger partial charge on any atom is -0.501 e. The van der Waals surface area contributed by atoms with Crippen LogP contribution >= 0.6 is 0 Å². The molecule has 1 aromatic carbocycles. The monoisotopic (exact) mass is 277 g/mol. The standard InChI is InChI=1S/C15H16FNO3/c1-2-20-8-7-10-3-4-11(13(16)9-10)12-5-6-14(18)17-15(12)19/h3-4,7-9,12H,2,5-6H2,1H3,(H,17,18,19)/b8-7+. The summed E-state index contributed by atoms with van der Waals surface area (Å²) in [7, 11) is 0. The van der Waals surface area contributed by atoms with Crippen molar-refractivity contribution in [2.75, 3.05) is 6.61 Å². The predicted octanol–water partition coefficient (Wildman–Crippen LogP) is 2.35. The predicted molar refractivity (Wildman–Crippen MR) is 72.2 cm³/mol. The molecule has 1 fully saturated rings. The van der Waals surface area contributed by atoms with Gasteiger partial charge in [0.1, 0.15) is 5.82 Å². The Kier molecular flexibility index (Phi) is 4.50. The Labute approximate surface area is 116 Å². The van der Waals surface area contributed by atoms with Gasteiger partial charge >= 0.3 is 0 Å². The van der Waals surface area contributed by atoms with Crippen LogP contribution < -0.4 is 5.32 Å². The van der Waals surface area contributed by atoms with E-state index in [2.05, 4.69) is 5.32 Å². The number of piperidine rings is 1. The summed E-state index contributed by atoms with van der Waals surface area (Å²) in [6, 6.07) is 4.66. The average molecular weight is 277 g/mol. The summed E-state index contributed by atoms with van der Waals surface area (Å²) in [4.78, 5) is 22.8. The first-order chi connectivity index (χ1) is 9.61. The van der Waals surface area contributed by atoms with Gasteiger partial charge in [-0.25, -0.2) is 4.39 Å². The fourth-order valence-electron chi connectivity index (χ4n) is 2.14. The first-order valence-electron chi connectivity index (χ1n) is 6.53. The van der Waals surface area contributed by atoms with Crippen LogP contribution in [0.5, 0.6) is 0 Å².